The van der Waals surface area contributed by atoms with Crippen LogP contribution >= 0.6 is 0 Å². The van der Waals surface area contributed by atoms with Crippen LogP contribution in [0.3, 0.4) is 0 Å². The molecular weight excluding hydrogens is 252 g/mol. The van der Waals surface area contributed by atoms with E-state index in [9.17, 15) is 5.11 Å². The van der Waals surface area contributed by atoms with Crippen LogP contribution in [0.2, 0.25) is 0 Å². The molecule has 3 nitrogen and oxygen atoms in total. The van der Waals surface area contributed by atoms with Crippen LogP contribution in [-0.2, 0) is 10.3 Å². The van der Waals surface area contributed by atoms with Gasteiger partial charge in [-0.2, -0.15) is 0 Å². The highest BCUT2D eigenvalue weighted by Gasteiger charge is 2.37. The van der Waals surface area contributed by atoms with Crippen molar-refractivity contribution in [1.29, 1.82) is 0 Å². The van der Waals surface area contributed by atoms with E-state index in [1.54, 1.807) is 0 Å². The highest BCUT2D eigenvalue weighted by Crippen LogP contribution is 2.37. The van der Waals surface area contributed by atoms with Gasteiger partial charge in [0, 0.05) is 12.8 Å². The first-order chi connectivity index (χ1) is 9.40. The lowest BCUT2D eigenvalue weighted by atomic mass is 9.81. The smallest absolute Gasteiger partial charge is 0.120 e. The van der Waals surface area contributed by atoms with Gasteiger partial charge in [0.25, 0.3) is 0 Å². The Kier molecular flexibility index (Phi) is 4.71. The molecule has 0 aliphatic carbocycles. The van der Waals surface area contributed by atoms with E-state index in [0.29, 0.717) is 25.4 Å². The van der Waals surface area contributed by atoms with E-state index in [1.807, 2.05) is 38.1 Å². The molecule has 1 fully saturated rings. The number of hydrogen-bond acceptors (Lipinski definition) is 3. The summed E-state index contributed by atoms with van der Waals surface area (Å²) in [5.41, 5.74) is 0.133. The van der Waals surface area contributed by atoms with E-state index in [2.05, 4.69) is 13.8 Å². The minimum atomic E-state index is -0.802. The third-order valence-electron chi connectivity index (χ3n) is 3.87. The maximum absolute atomic E-state index is 11.0. The van der Waals surface area contributed by atoms with Crippen molar-refractivity contribution >= 4 is 0 Å². The van der Waals surface area contributed by atoms with Gasteiger partial charge in [0.05, 0.1) is 24.4 Å². The molecule has 1 N–H and O–H groups in total. The molecule has 0 amide bonds. The normalized spacial score (nSPS) is 27.1. The average molecular weight is 278 g/mol. The molecule has 1 aromatic rings. The maximum Gasteiger partial charge on any atom is 0.120 e. The number of rotatable bonds is 4. The lowest BCUT2D eigenvalue weighted by molar-refractivity contribution is -0.121. The van der Waals surface area contributed by atoms with Crippen LogP contribution in [0.5, 0.6) is 5.75 Å². The van der Waals surface area contributed by atoms with Crippen molar-refractivity contribution in [2.45, 2.75) is 58.3 Å². The summed E-state index contributed by atoms with van der Waals surface area (Å²) in [4.78, 5) is 0. The van der Waals surface area contributed by atoms with Crippen LogP contribution < -0.4 is 4.74 Å². The summed E-state index contributed by atoms with van der Waals surface area (Å²) in [5, 5.41) is 11.0. The third kappa shape index (κ3) is 3.53. The maximum atomic E-state index is 11.0. The molecule has 0 saturated carbocycles. The van der Waals surface area contributed by atoms with E-state index in [-0.39, 0.29) is 12.2 Å². The molecule has 1 aromatic carbocycles. The second-order valence-corrected chi connectivity index (χ2v) is 6.33. The minimum absolute atomic E-state index is 0.114. The van der Waals surface area contributed by atoms with Gasteiger partial charge >= 0.3 is 0 Å². The second kappa shape index (κ2) is 6.15. The van der Waals surface area contributed by atoms with Crippen molar-refractivity contribution in [2.24, 2.45) is 5.92 Å². The summed E-state index contributed by atoms with van der Waals surface area (Å²) in [7, 11) is 0. The zero-order valence-corrected chi connectivity index (χ0v) is 12.9. The van der Waals surface area contributed by atoms with Gasteiger partial charge in [0.15, 0.2) is 0 Å². The number of aliphatic hydroxyl groups is 1. The van der Waals surface area contributed by atoms with Crippen LogP contribution in [0.15, 0.2) is 24.3 Å². The van der Waals surface area contributed by atoms with Crippen molar-refractivity contribution in [3.05, 3.63) is 29.8 Å². The largest absolute Gasteiger partial charge is 0.491 e. The summed E-state index contributed by atoms with van der Waals surface area (Å²) in [6.07, 6.45) is 1.54. The predicted octanol–water partition coefficient (Wildman–Crippen LogP) is 3.50. The molecule has 2 atom stereocenters. The molecule has 1 saturated heterocycles. The first-order valence-electron chi connectivity index (χ1n) is 7.52. The summed E-state index contributed by atoms with van der Waals surface area (Å²) in [5.74, 6) is 1.23. The number of benzene rings is 1. The molecule has 112 valence electrons. The van der Waals surface area contributed by atoms with Gasteiger partial charge in [0.1, 0.15) is 5.75 Å². The fourth-order valence-corrected chi connectivity index (χ4v) is 2.69. The van der Waals surface area contributed by atoms with Gasteiger partial charge < -0.3 is 14.6 Å². The van der Waals surface area contributed by atoms with Gasteiger partial charge in [-0.05, 0) is 37.5 Å². The summed E-state index contributed by atoms with van der Waals surface area (Å²) < 4.78 is 11.5. The molecule has 1 aliphatic rings. The van der Waals surface area contributed by atoms with Crippen LogP contribution in [0, 0.1) is 5.92 Å². The molecule has 2 unspecified atom stereocenters. The zero-order chi connectivity index (χ0) is 14.8. The Hall–Kier alpha value is -1.06. The van der Waals surface area contributed by atoms with E-state index in [1.165, 1.54) is 0 Å². The Bertz CT molecular complexity index is 442. The van der Waals surface area contributed by atoms with Crippen molar-refractivity contribution in [1.82, 2.24) is 0 Å². The molecule has 0 radical (unpaired) electrons. The first-order valence-corrected chi connectivity index (χ1v) is 7.52. The Balaban J connectivity index is 2.20. The first kappa shape index (κ1) is 15.3. The Morgan fingerprint density at radius 2 is 2.05 bits per heavy atom. The standard InChI is InChI=1S/C17H26O3/c1-12(2)16-11-17(18,8-9-19-16)14-6-5-7-15(10-14)20-13(3)4/h5-7,10,12-13,16,18H,8-9,11H2,1-4H3. The Labute approximate surface area is 121 Å². The lowest BCUT2D eigenvalue weighted by Gasteiger charge is -2.39. The second-order valence-electron chi connectivity index (χ2n) is 6.33. The quantitative estimate of drug-likeness (QED) is 0.916. The van der Waals surface area contributed by atoms with Crippen molar-refractivity contribution in [3.8, 4) is 5.75 Å². The van der Waals surface area contributed by atoms with Crippen molar-refractivity contribution in [3.63, 3.8) is 0 Å². The van der Waals surface area contributed by atoms with Crippen LogP contribution in [0.1, 0.15) is 46.1 Å². The van der Waals surface area contributed by atoms with Crippen LogP contribution in [0.4, 0.5) is 0 Å². The predicted molar refractivity (Wildman–Crippen MR) is 79.9 cm³/mol. The summed E-state index contributed by atoms with van der Waals surface area (Å²) in [6, 6.07) is 7.83. The van der Waals surface area contributed by atoms with E-state index in [0.717, 1.165) is 11.3 Å². The average Bonchev–Trinajstić information content (AvgIpc) is 2.38. The SMILES string of the molecule is CC(C)Oc1cccc(C2(O)CCOC(C(C)C)C2)c1. The van der Waals surface area contributed by atoms with E-state index < -0.39 is 5.60 Å². The van der Waals surface area contributed by atoms with Gasteiger partial charge in [-0.1, -0.05) is 26.0 Å². The highest BCUT2D eigenvalue weighted by atomic mass is 16.5. The zero-order valence-electron chi connectivity index (χ0n) is 12.9. The highest BCUT2D eigenvalue weighted by molar-refractivity contribution is 5.33. The topological polar surface area (TPSA) is 38.7 Å². The fourth-order valence-electron chi connectivity index (χ4n) is 2.69. The number of ether oxygens (including phenoxy) is 2. The Morgan fingerprint density at radius 1 is 1.30 bits per heavy atom. The lowest BCUT2D eigenvalue weighted by Crippen LogP contribution is -2.40. The van der Waals surface area contributed by atoms with E-state index >= 15 is 0 Å². The third-order valence-corrected chi connectivity index (χ3v) is 3.87. The van der Waals surface area contributed by atoms with Gasteiger partial charge in [-0.3, -0.25) is 0 Å². The molecule has 0 spiro atoms. The van der Waals surface area contributed by atoms with Crippen molar-refractivity contribution < 1.29 is 14.6 Å². The monoisotopic (exact) mass is 278 g/mol. The molecule has 20 heavy (non-hydrogen) atoms. The van der Waals surface area contributed by atoms with Gasteiger partial charge in [-0.25, -0.2) is 0 Å². The molecule has 1 aliphatic heterocycles. The molecule has 1 heterocycles. The molecule has 0 aromatic heterocycles. The summed E-state index contributed by atoms with van der Waals surface area (Å²) >= 11 is 0. The molecule has 3 heteroatoms. The minimum Gasteiger partial charge on any atom is -0.491 e. The molecular formula is C17H26O3. The van der Waals surface area contributed by atoms with Crippen LogP contribution in [-0.4, -0.2) is 23.9 Å². The number of hydrogen-bond donors (Lipinski definition) is 1. The van der Waals surface area contributed by atoms with E-state index in [4.69, 9.17) is 9.47 Å². The Morgan fingerprint density at radius 3 is 2.70 bits per heavy atom. The fraction of sp³-hybridized carbons (Fsp3) is 0.647. The molecule has 0 bridgehead atoms. The van der Waals surface area contributed by atoms with Crippen molar-refractivity contribution in [2.75, 3.05) is 6.61 Å². The summed E-state index contributed by atoms with van der Waals surface area (Å²) in [6.45, 7) is 8.88. The molecule has 2 rings (SSSR count). The van der Waals surface area contributed by atoms with Gasteiger partial charge in [0.2, 0.25) is 0 Å². The van der Waals surface area contributed by atoms with Crippen LogP contribution in [0.25, 0.3) is 0 Å². The van der Waals surface area contributed by atoms with Gasteiger partial charge in [-0.15, -0.1) is 0 Å².